The van der Waals surface area contributed by atoms with Gasteiger partial charge in [0, 0.05) is 22.5 Å². The minimum Gasteiger partial charge on any atom is -0.495 e. The van der Waals surface area contributed by atoms with E-state index in [9.17, 15) is 20.0 Å². The first-order valence-corrected chi connectivity index (χ1v) is 15.7. The number of carbonyl (C=O) groups is 2. The number of benzene rings is 3. The van der Waals surface area contributed by atoms with Gasteiger partial charge in [-0.2, -0.15) is 5.26 Å². The van der Waals surface area contributed by atoms with Crippen molar-refractivity contribution in [2.75, 3.05) is 12.0 Å². The van der Waals surface area contributed by atoms with E-state index in [1.54, 1.807) is 11.0 Å². The number of fused-ring (bicyclic) bond motifs is 1. The van der Waals surface area contributed by atoms with Gasteiger partial charge in [-0.15, -0.1) is 0 Å². The third-order valence-electron chi connectivity index (χ3n) is 9.04. The number of rotatable bonds is 7. The third-order valence-corrected chi connectivity index (χ3v) is 9.57. The molecule has 0 saturated carbocycles. The molecule has 5 unspecified atom stereocenters. The molecule has 3 aromatic carbocycles. The summed E-state index contributed by atoms with van der Waals surface area (Å²) in [6.07, 6.45) is -0.373. The summed E-state index contributed by atoms with van der Waals surface area (Å²) < 4.78 is 37.9. The molecule has 46 heavy (non-hydrogen) atoms. The van der Waals surface area contributed by atoms with Crippen LogP contribution < -0.4 is 9.64 Å². The van der Waals surface area contributed by atoms with Crippen LogP contribution in [0, 0.1) is 34.3 Å². The SMILES string of the molecule is COc1cc(C(=O)O)ccc1N1C(=O)C2C(c3cccc(Cl)c3F)C(C#N)(c3ccc(Cl)cc3F)C(CC(C)(C)C)N2C1C(C)C. The Morgan fingerprint density at radius 2 is 1.83 bits per heavy atom. The summed E-state index contributed by atoms with van der Waals surface area (Å²) >= 11 is 12.5. The fraction of sp³-hybridized carbons (Fsp3) is 0.400. The fourth-order valence-corrected chi connectivity index (χ4v) is 7.74. The second-order valence-electron chi connectivity index (χ2n) is 13.5. The highest BCUT2D eigenvalue weighted by Gasteiger charge is 2.70. The maximum Gasteiger partial charge on any atom is 0.335 e. The summed E-state index contributed by atoms with van der Waals surface area (Å²) in [5.74, 6) is -4.46. The van der Waals surface area contributed by atoms with Crippen molar-refractivity contribution in [1.29, 1.82) is 5.26 Å². The van der Waals surface area contributed by atoms with E-state index in [2.05, 4.69) is 6.07 Å². The van der Waals surface area contributed by atoms with Gasteiger partial charge in [-0.1, -0.05) is 76.0 Å². The van der Waals surface area contributed by atoms with Crippen LogP contribution >= 0.6 is 23.2 Å². The van der Waals surface area contributed by atoms with E-state index < -0.39 is 58.5 Å². The molecule has 2 aliphatic heterocycles. The monoisotopic (exact) mass is 669 g/mol. The number of ether oxygens (including phenoxy) is 1. The topological polar surface area (TPSA) is 93.9 Å². The van der Waals surface area contributed by atoms with Gasteiger partial charge < -0.3 is 9.84 Å². The highest BCUT2D eigenvalue weighted by molar-refractivity contribution is 6.31. The number of aromatic carboxylic acids is 1. The first-order chi connectivity index (χ1) is 21.6. The quantitative estimate of drug-likeness (QED) is 0.274. The average Bonchev–Trinajstić information content (AvgIpc) is 3.42. The second kappa shape index (κ2) is 12.1. The molecule has 0 aliphatic carbocycles. The van der Waals surface area contributed by atoms with Crippen LogP contribution in [0.15, 0.2) is 54.6 Å². The Kier molecular flexibility index (Phi) is 8.88. The number of carboxylic acid groups (broad SMARTS) is 1. The van der Waals surface area contributed by atoms with E-state index in [1.165, 1.54) is 49.6 Å². The van der Waals surface area contributed by atoms with Crippen molar-refractivity contribution in [3.05, 3.63) is 93.0 Å². The number of hydrogen-bond donors (Lipinski definition) is 1. The minimum atomic E-state index is -1.76. The minimum absolute atomic E-state index is 0.0117. The highest BCUT2D eigenvalue weighted by Crippen LogP contribution is 2.60. The van der Waals surface area contributed by atoms with Crippen LogP contribution in [0.25, 0.3) is 0 Å². The van der Waals surface area contributed by atoms with E-state index in [4.69, 9.17) is 27.9 Å². The summed E-state index contributed by atoms with van der Waals surface area (Å²) in [5, 5.41) is 20.8. The van der Waals surface area contributed by atoms with Crippen molar-refractivity contribution < 1.29 is 28.2 Å². The zero-order valence-corrected chi connectivity index (χ0v) is 27.8. The van der Waals surface area contributed by atoms with Crippen molar-refractivity contribution in [2.45, 2.75) is 70.6 Å². The van der Waals surface area contributed by atoms with E-state index in [0.717, 1.165) is 6.07 Å². The number of methoxy groups -OCH3 is 1. The lowest BCUT2D eigenvalue weighted by molar-refractivity contribution is -0.119. The van der Waals surface area contributed by atoms with Crippen LogP contribution in [0.2, 0.25) is 10.0 Å². The van der Waals surface area contributed by atoms with E-state index in [1.807, 2.05) is 39.5 Å². The van der Waals surface area contributed by atoms with Crippen molar-refractivity contribution in [2.24, 2.45) is 11.3 Å². The standard InChI is InChI=1S/C35H35Cl2F2N3O4/c1-18(2)31-41(25-13-10-19(33(44)45)14-26(25)46-6)32(43)30-28(21-8-7-9-23(37)29(21)39)35(17-40,22-12-11-20(36)15-24(22)38)27(42(30)31)16-34(3,4)5/h7-15,18,27-28,30-31H,16H2,1-6H3,(H,44,45). The number of halogens is 4. The Morgan fingerprint density at radius 1 is 1.13 bits per heavy atom. The van der Waals surface area contributed by atoms with Crippen LogP contribution in [0.3, 0.4) is 0 Å². The molecule has 242 valence electrons. The number of amides is 1. The van der Waals surface area contributed by atoms with Gasteiger partial charge in [-0.05, 0) is 59.7 Å². The molecule has 7 nitrogen and oxygen atoms in total. The van der Waals surface area contributed by atoms with Gasteiger partial charge in [0.05, 0.1) is 35.6 Å². The molecule has 0 spiro atoms. The Bertz CT molecular complexity index is 1750. The van der Waals surface area contributed by atoms with E-state index in [0.29, 0.717) is 12.1 Å². The largest absolute Gasteiger partial charge is 0.495 e. The molecule has 0 bridgehead atoms. The Morgan fingerprint density at radius 3 is 2.39 bits per heavy atom. The zero-order chi connectivity index (χ0) is 33.9. The number of nitriles is 1. The second-order valence-corrected chi connectivity index (χ2v) is 14.3. The van der Waals surface area contributed by atoms with Crippen LogP contribution in [0.4, 0.5) is 14.5 Å². The highest BCUT2D eigenvalue weighted by atomic mass is 35.5. The van der Waals surface area contributed by atoms with Crippen LogP contribution in [0.1, 0.15) is 68.4 Å². The molecule has 0 aromatic heterocycles. The van der Waals surface area contributed by atoms with Gasteiger partial charge in [-0.3, -0.25) is 14.6 Å². The number of carbonyl (C=O) groups excluding carboxylic acids is 1. The first kappa shape index (κ1) is 33.6. The predicted octanol–water partition coefficient (Wildman–Crippen LogP) is 8.04. The molecule has 1 N–H and O–H groups in total. The molecule has 5 rings (SSSR count). The predicted molar refractivity (Wildman–Crippen MR) is 172 cm³/mol. The van der Waals surface area contributed by atoms with Gasteiger partial charge in [0.1, 0.15) is 28.8 Å². The Balaban J connectivity index is 1.88. The molecule has 2 fully saturated rings. The zero-order valence-electron chi connectivity index (χ0n) is 26.3. The summed E-state index contributed by atoms with van der Waals surface area (Å²) in [5.41, 5.74) is -1.87. The molecular weight excluding hydrogens is 635 g/mol. The van der Waals surface area contributed by atoms with E-state index in [-0.39, 0.29) is 38.4 Å². The molecule has 5 atom stereocenters. The molecule has 11 heteroatoms. The molecule has 2 aliphatic rings. The lowest BCUT2D eigenvalue weighted by Gasteiger charge is -2.43. The molecule has 3 aromatic rings. The summed E-state index contributed by atoms with van der Waals surface area (Å²) in [4.78, 5) is 30.2. The summed E-state index contributed by atoms with van der Waals surface area (Å²) in [6, 6.07) is 13.2. The number of anilines is 1. The number of nitrogens with zero attached hydrogens (tertiary/aromatic N) is 3. The lowest BCUT2D eigenvalue weighted by atomic mass is 9.62. The Labute approximate surface area is 277 Å². The van der Waals surface area contributed by atoms with Crippen LogP contribution in [-0.2, 0) is 10.2 Å². The van der Waals surface area contributed by atoms with Gasteiger partial charge in [0.2, 0.25) is 5.91 Å². The maximum absolute atomic E-state index is 16.2. The van der Waals surface area contributed by atoms with Crippen molar-refractivity contribution >= 4 is 40.8 Å². The van der Waals surface area contributed by atoms with Gasteiger partial charge in [-0.25, -0.2) is 13.6 Å². The van der Waals surface area contributed by atoms with Gasteiger partial charge >= 0.3 is 5.97 Å². The van der Waals surface area contributed by atoms with Crippen LogP contribution in [0.5, 0.6) is 5.75 Å². The maximum atomic E-state index is 16.2. The molecule has 0 radical (unpaired) electrons. The molecule has 2 heterocycles. The molecular formula is C35H35Cl2F2N3O4. The third kappa shape index (κ3) is 5.30. The first-order valence-electron chi connectivity index (χ1n) is 14.9. The fourth-order valence-electron chi connectivity index (χ4n) is 7.39. The number of hydrogen-bond acceptors (Lipinski definition) is 5. The van der Waals surface area contributed by atoms with Crippen LogP contribution in [-0.4, -0.2) is 47.2 Å². The smallest absolute Gasteiger partial charge is 0.335 e. The summed E-state index contributed by atoms with van der Waals surface area (Å²) in [7, 11) is 1.38. The lowest BCUT2D eigenvalue weighted by Crippen LogP contribution is -2.53. The number of carboxylic acids is 1. The average molecular weight is 671 g/mol. The van der Waals surface area contributed by atoms with Crippen molar-refractivity contribution in [3.8, 4) is 11.8 Å². The Hall–Kier alpha value is -3.71. The van der Waals surface area contributed by atoms with Gasteiger partial charge in [0.15, 0.2) is 0 Å². The van der Waals surface area contributed by atoms with Crippen molar-refractivity contribution in [3.63, 3.8) is 0 Å². The van der Waals surface area contributed by atoms with Gasteiger partial charge in [0.25, 0.3) is 0 Å². The molecule has 2 saturated heterocycles. The molecule has 1 amide bonds. The van der Waals surface area contributed by atoms with Crippen molar-refractivity contribution in [1.82, 2.24) is 4.90 Å². The normalized spacial score (nSPS) is 24.7. The van der Waals surface area contributed by atoms with E-state index >= 15 is 8.78 Å². The summed E-state index contributed by atoms with van der Waals surface area (Å²) in [6.45, 7) is 9.81.